The predicted molar refractivity (Wildman–Crippen MR) is 124 cm³/mol. The van der Waals surface area contributed by atoms with Crippen molar-refractivity contribution in [3.05, 3.63) is 79.2 Å². The molecule has 0 N–H and O–H groups in total. The number of fused-ring (bicyclic) bond motifs is 1. The lowest BCUT2D eigenvalue weighted by molar-refractivity contribution is 0.0970. The molecule has 0 saturated carbocycles. The van der Waals surface area contributed by atoms with Crippen LogP contribution in [0.4, 0.5) is 0 Å². The highest BCUT2D eigenvalue weighted by molar-refractivity contribution is 14.1. The maximum absolute atomic E-state index is 13.3. The van der Waals surface area contributed by atoms with Gasteiger partial charge >= 0.3 is 0 Å². The van der Waals surface area contributed by atoms with Crippen LogP contribution < -0.4 is 10.3 Å². The number of nitrogens with zero attached hydrogens (tertiary/aromatic N) is 2. The van der Waals surface area contributed by atoms with Gasteiger partial charge in [-0.05, 0) is 59.3 Å². The Kier molecular flexibility index (Phi) is 5.51. The highest BCUT2D eigenvalue weighted by atomic mass is 127. The molecule has 146 valence electrons. The summed E-state index contributed by atoms with van der Waals surface area (Å²) in [5.74, 6) is 0.432. The number of carbonyl (C=O) groups is 1. The number of halogens is 1. The number of aromatic nitrogens is 2. The fourth-order valence-corrected chi connectivity index (χ4v) is 4.83. The van der Waals surface area contributed by atoms with Crippen LogP contribution in [0.5, 0.6) is 5.75 Å². The molecule has 4 aromatic rings. The van der Waals surface area contributed by atoms with Gasteiger partial charge < -0.3 is 4.74 Å². The Morgan fingerprint density at radius 2 is 2.00 bits per heavy atom. The molecule has 0 bridgehead atoms. The molecule has 2 heterocycles. The van der Waals surface area contributed by atoms with Crippen LogP contribution in [0.3, 0.4) is 0 Å². The van der Waals surface area contributed by atoms with Crippen LogP contribution in [0.25, 0.3) is 21.3 Å². The fourth-order valence-electron chi connectivity index (χ4n) is 3.28. The van der Waals surface area contributed by atoms with Crippen molar-refractivity contribution in [3.8, 4) is 16.9 Å². The zero-order valence-electron chi connectivity index (χ0n) is 15.8. The third kappa shape index (κ3) is 3.84. The van der Waals surface area contributed by atoms with Crippen LogP contribution in [0.1, 0.15) is 15.2 Å². The lowest BCUT2D eigenvalue weighted by Gasteiger charge is -2.07. The maximum Gasteiger partial charge on any atom is 0.263 e. The number of methoxy groups -OCH3 is 1. The molecule has 0 aliphatic rings. The molecule has 2 aromatic carbocycles. The van der Waals surface area contributed by atoms with Gasteiger partial charge in [-0.2, -0.15) is 0 Å². The van der Waals surface area contributed by atoms with E-state index in [9.17, 15) is 9.59 Å². The topological polar surface area (TPSA) is 61.2 Å². The molecule has 0 saturated heterocycles. The molecule has 4 rings (SSSR count). The smallest absolute Gasteiger partial charge is 0.263 e. The molecule has 0 amide bonds. The second-order valence-corrected chi connectivity index (χ2v) is 9.01. The second kappa shape index (κ2) is 8.08. The van der Waals surface area contributed by atoms with E-state index in [1.807, 2.05) is 31.2 Å². The number of ketones is 1. The van der Waals surface area contributed by atoms with Crippen molar-refractivity contribution in [1.82, 2.24) is 9.55 Å². The van der Waals surface area contributed by atoms with E-state index in [4.69, 9.17) is 4.74 Å². The summed E-state index contributed by atoms with van der Waals surface area (Å²) in [6.45, 7) is 1.92. The van der Waals surface area contributed by atoms with E-state index >= 15 is 0 Å². The Balaban J connectivity index is 1.79. The Labute approximate surface area is 185 Å². The van der Waals surface area contributed by atoms with Gasteiger partial charge in [0.25, 0.3) is 5.56 Å². The molecule has 0 spiro atoms. The summed E-state index contributed by atoms with van der Waals surface area (Å²) in [5, 5.41) is 0.565. The lowest BCUT2D eigenvalue weighted by atomic mass is 10.0. The highest BCUT2D eigenvalue weighted by Gasteiger charge is 2.18. The summed E-state index contributed by atoms with van der Waals surface area (Å²) in [7, 11) is 1.55. The van der Waals surface area contributed by atoms with Crippen LogP contribution in [0, 0.1) is 10.5 Å². The van der Waals surface area contributed by atoms with Gasteiger partial charge in [-0.3, -0.25) is 14.2 Å². The summed E-state index contributed by atoms with van der Waals surface area (Å²) < 4.78 is 7.66. The number of ether oxygens (including phenoxy) is 1. The van der Waals surface area contributed by atoms with E-state index in [2.05, 4.69) is 27.6 Å². The number of thiophene rings is 1. The number of benzene rings is 2. The van der Waals surface area contributed by atoms with Gasteiger partial charge in [0.2, 0.25) is 0 Å². The average molecular weight is 516 g/mol. The van der Waals surface area contributed by atoms with Crippen LogP contribution in [0.15, 0.2) is 59.7 Å². The van der Waals surface area contributed by atoms with Crippen molar-refractivity contribution in [2.24, 2.45) is 0 Å². The van der Waals surface area contributed by atoms with Gasteiger partial charge in [0.05, 0.1) is 25.4 Å². The van der Waals surface area contributed by atoms with Crippen LogP contribution in [-0.4, -0.2) is 22.4 Å². The number of carbonyl (C=O) groups excluding carboxylic acids is 1. The molecule has 0 aliphatic heterocycles. The first-order chi connectivity index (χ1) is 14.0. The predicted octanol–water partition coefficient (Wildman–Crippen LogP) is 4.93. The van der Waals surface area contributed by atoms with E-state index in [1.165, 1.54) is 22.2 Å². The van der Waals surface area contributed by atoms with E-state index in [-0.39, 0.29) is 17.9 Å². The zero-order valence-corrected chi connectivity index (χ0v) is 18.8. The number of rotatable bonds is 5. The van der Waals surface area contributed by atoms with Gasteiger partial charge in [0.1, 0.15) is 10.6 Å². The van der Waals surface area contributed by atoms with Gasteiger partial charge in [0, 0.05) is 19.6 Å². The first kappa shape index (κ1) is 19.8. The third-order valence-corrected chi connectivity index (χ3v) is 6.36. The largest absolute Gasteiger partial charge is 0.497 e. The number of aryl methyl sites for hydroxylation is 1. The van der Waals surface area contributed by atoms with Crippen LogP contribution in [-0.2, 0) is 6.54 Å². The summed E-state index contributed by atoms with van der Waals surface area (Å²) in [4.78, 5) is 32.2. The minimum absolute atomic E-state index is 0.0738. The van der Waals surface area contributed by atoms with Crippen molar-refractivity contribution in [2.75, 3.05) is 7.11 Å². The van der Waals surface area contributed by atoms with Crippen molar-refractivity contribution in [2.45, 2.75) is 13.5 Å². The molecule has 0 aliphatic carbocycles. The normalized spacial score (nSPS) is 11.0. The van der Waals surface area contributed by atoms with E-state index in [0.717, 1.165) is 19.6 Å². The summed E-state index contributed by atoms with van der Waals surface area (Å²) in [6.07, 6.45) is 1.46. The standard InChI is InChI=1S/C22H17IN2O3S/c1-13-19(15-6-3-7-16(23)9-15)20-21(29-13)24-12-25(22(20)27)11-18(26)14-5-4-8-17(10-14)28-2/h3-10,12H,11H2,1-2H3. The van der Waals surface area contributed by atoms with E-state index in [1.54, 1.807) is 31.4 Å². The molecule has 5 nitrogen and oxygen atoms in total. The first-order valence-corrected chi connectivity index (χ1v) is 10.8. The minimum atomic E-state index is -0.204. The number of hydrogen-bond acceptors (Lipinski definition) is 5. The van der Waals surface area contributed by atoms with E-state index in [0.29, 0.717) is 21.5 Å². The maximum atomic E-state index is 13.3. The molecular formula is C22H17IN2O3S. The summed E-state index contributed by atoms with van der Waals surface area (Å²) in [5.41, 5.74) is 2.17. The van der Waals surface area contributed by atoms with Crippen molar-refractivity contribution in [1.29, 1.82) is 0 Å². The Morgan fingerprint density at radius 3 is 2.76 bits per heavy atom. The molecule has 0 fully saturated rings. The molecule has 29 heavy (non-hydrogen) atoms. The second-order valence-electron chi connectivity index (χ2n) is 6.56. The molecule has 7 heteroatoms. The third-order valence-electron chi connectivity index (χ3n) is 4.67. The van der Waals surface area contributed by atoms with Crippen molar-refractivity contribution in [3.63, 3.8) is 0 Å². The fraction of sp³-hybridized carbons (Fsp3) is 0.136. The average Bonchev–Trinajstić information content (AvgIpc) is 3.06. The molecule has 0 atom stereocenters. The molecule has 0 radical (unpaired) electrons. The van der Waals surface area contributed by atoms with E-state index < -0.39 is 0 Å². The molecular weight excluding hydrogens is 499 g/mol. The van der Waals surface area contributed by atoms with Gasteiger partial charge in [0.15, 0.2) is 5.78 Å². The SMILES string of the molecule is COc1cccc(C(=O)Cn2cnc3sc(C)c(-c4cccc(I)c4)c3c2=O)c1. The first-order valence-electron chi connectivity index (χ1n) is 8.89. The highest BCUT2D eigenvalue weighted by Crippen LogP contribution is 2.35. The summed E-state index contributed by atoms with van der Waals surface area (Å²) >= 11 is 3.75. The van der Waals surface area contributed by atoms with Gasteiger partial charge in [-0.15, -0.1) is 11.3 Å². The summed E-state index contributed by atoms with van der Waals surface area (Å²) in [6, 6.07) is 15.0. The van der Waals surface area contributed by atoms with Crippen LogP contribution >= 0.6 is 33.9 Å². The van der Waals surface area contributed by atoms with Gasteiger partial charge in [-0.1, -0.05) is 24.3 Å². The molecule has 0 unspecified atom stereocenters. The number of hydrogen-bond donors (Lipinski definition) is 0. The monoisotopic (exact) mass is 516 g/mol. The van der Waals surface area contributed by atoms with Crippen molar-refractivity contribution >= 4 is 49.9 Å². The van der Waals surface area contributed by atoms with Crippen LogP contribution in [0.2, 0.25) is 0 Å². The number of Topliss-reactive ketones (excluding diaryl/α,β-unsaturated/α-hetero) is 1. The lowest BCUT2D eigenvalue weighted by Crippen LogP contribution is -2.24. The Hall–Kier alpha value is -2.52. The minimum Gasteiger partial charge on any atom is -0.497 e. The molecule has 2 aromatic heterocycles. The Bertz CT molecular complexity index is 1290. The zero-order chi connectivity index (χ0) is 20.5. The van der Waals surface area contributed by atoms with Crippen molar-refractivity contribution < 1.29 is 9.53 Å². The Morgan fingerprint density at radius 1 is 1.21 bits per heavy atom. The van der Waals surface area contributed by atoms with Gasteiger partial charge in [-0.25, -0.2) is 4.98 Å². The quantitative estimate of drug-likeness (QED) is 0.279.